The summed E-state index contributed by atoms with van der Waals surface area (Å²) in [5.74, 6) is 0.143. The van der Waals surface area contributed by atoms with E-state index < -0.39 is 5.41 Å². The molecule has 0 N–H and O–H groups in total. The fourth-order valence-corrected chi connectivity index (χ4v) is 3.54. The fraction of sp³-hybridized carbons (Fsp3) is 0.0909. The van der Waals surface area contributed by atoms with Crippen LogP contribution in [-0.2, 0) is 10.2 Å². The van der Waals surface area contributed by atoms with Crippen molar-refractivity contribution in [2.24, 2.45) is 0 Å². The summed E-state index contributed by atoms with van der Waals surface area (Å²) in [6.07, 6.45) is 0. The number of benzene rings is 3. The number of rotatable bonds is 5. The van der Waals surface area contributed by atoms with Gasteiger partial charge >= 0.3 is 0 Å². The maximum atomic E-state index is 13.5. The van der Waals surface area contributed by atoms with Crippen molar-refractivity contribution in [2.75, 3.05) is 0 Å². The van der Waals surface area contributed by atoms with E-state index in [0.29, 0.717) is 0 Å². The Morgan fingerprint density at radius 3 is 1.21 bits per heavy atom. The van der Waals surface area contributed by atoms with E-state index >= 15 is 0 Å². The minimum atomic E-state index is -0.810. The average molecular weight is 332 g/mol. The Bertz CT molecular complexity index is 742. The summed E-state index contributed by atoms with van der Waals surface area (Å²) < 4.78 is 0. The molecular weight excluding hydrogens is 311 g/mol. The molecule has 0 spiro atoms. The van der Waals surface area contributed by atoms with E-state index in [0.717, 1.165) is 22.0 Å². The van der Waals surface area contributed by atoms with Crippen LogP contribution in [0.5, 0.6) is 0 Å². The van der Waals surface area contributed by atoms with E-state index in [-0.39, 0.29) is 5.78 Å². The lowest BCUT2D eigenvalue weighted by atomic mass is 9.66. The van der Waals surface area contributed by atoms with Gasteiger partial charge < -0.3 is 0 Å². The van der Waals surface area contributed by atoms with Crippen LogP contribution >= 0.6 is 8.86 Å². The van der Waals surface area contributed by atoms with E-state index in [1.54, 1.807) is 8.86 Å². The quantitative estimate of drug-likeness (QED) is 0.500. The average Bonchev–Trinajstić information content (AvgIpc) is 2.65. The smallest absolute Gasteiger partial charge is 0.177 e. The molecule has 2 heteroatoms. The Hall–Kier alpha value is -2.37. The zero-order valence-electron chi connectivity index (χ0n) is 13.8. The Morgan fingerprint density at radius 1 is 0.667 bits per heavy atom. The Morgan fingerprint density at radius 2 is 0.958 bits per heavy atom. The topological polar surface area (TPSA) is 17.1 Å². The molecule has 1 unspecified atom stereocenters. The van der Waals surface area contributed by atoms with Gasteiger partial charge in [0.1, 0.15) is 5.41 Å². The lowest BCUT2D eigenvalue weighted by Gasteiger charge is -2.34. The normalized spacial score (nSPS) is 11.2. The summed E-state index contributed by atoms with van der Waals surface area (Å²) in [5.41, 5.74) is 2.19. The van der Waals surface area contributed by atoms with Gasteiger partial charge in [-0.05, 0) is 28.9 Å². The van der Waals surface area contributed by atoms with Crippen LogP contribution in [0.25, 0.3) is 0 Å². The second-order valence-electron chi connectivity index (χ2n) is 5.96. The zero-order valence-corrected chi connectivity index (χ0v) is 15.2. The van der Waals surface area contributed by atoms with Crippen LogP contribution in [0.4, 0.5) is 0 Å². The second-order valence-corrected chi connectivity index (χ2v) is 7.02. The van der Waals surface area contributed by atoms with Crippen molar-refractivity contribution in [3.8, 4) is 0 Å². The monoisotopic (exact) mass is 332 g/mol. The van der Waals surface area contributed by atoms with Gasteiger partial charge in [0, 0.05) is 0 Å². The first kappa shape index (κ1) is 16.5. The lowest BCUT2D eigenvalue weighted by Crippen LogP contribution is -2.41. The molecule has 0 bridgehead atoms. The molecule has 0 saturated carbocycles. The van der Waals surface area contributed by atoms with Crippen LogP contribution in [0.2, 0.25) is 0 Å². The van der Waals surface area contributed by atoms with E-state index in [9.17, 15) is 4.79 Å². The SMILES string of the molecule is CC(=[PH3])C(=O)C(c1ccccc1)(c1ccccc1)c1ccccc1. The minimum absolute atomic E-state index is 0.143. The van der Waals surface area contributed by atoms with Crippen molar-refractivity contribution in [1.29, 1.82) is 0 Å². The summed E-state index contributed by atoms with van der Waals surface area (Å²) in [5, 5.41) is 0.826. The standard InChI is InChI=1S/C22H21OP/c1-17(24)21(23)22(18-11-5-2-6-12-18,19-13-7-3-8-14-19)20-15-9-4-10-16-20/h2-16H,1,24H3. The molecule has 0 heterocycles. The molecule has 1 atom stereocenters. The third-order valence-electron chi connectivity index (χ3n) is 4.35. The van der Waals surface area contributed by atoms with Crippen LogP contribution in [-0.4, -0.2) is 11.1 Å². The van der Waals surface area contributed by atoms with Gasteiger partial charge in [-0.25, -0.2) is 0 Å². The maximum absolute atomic E-state index is 13.5. The van der Waals surface area contributed by atoms with Crippen molar-refractivity contribution in [1.82, 2.24) is 0 Å². The predicted molar refractivity (Wildman–Crippen MR) is 106 cm³/mol. The van der Waals surface area contributed by atoms with Gasteiger partial charge in [-0.2, -0.15) is 0 Å². The molecule has 0 saturated heterocycles. The van der Waals surface area contributed by atoms with Crippen molar-refractivity contribution in [3.05, 3.63) is 108 Å². The summed E-state index contributed by atoms with van der Waals surface area (Å²) in [7, 11) is 1.67. The van der Waals surface area contributed by atoms with Crippen LogP contribution in [0.15, 0.2) is 91.0 Å². The molecule has 3 aromatic carbocycles. The van der Waals surface area contributed by atoms with Crippen LogP contribution in [0, 0.1) is 0 Å². The van der Waals surface area contributed by atoms with Gasteiger partial charge in [0.2, 0.25) is 0 Å². The molecule has 0 aliphatic carbocycles. The fourth-order valence-electron chi connectivity index (χ4n) is 3.28. The first-order valence-electron chi connectivity index (χ1n) is 8.04. The molecule has 3 aromatic rings. The first-order valence-corrected chi connectivity index (χ1v) is 8.75. The summed E-state index contributed by atoms with van der Waals surface area (Å²) in [6, 6.07) is 30.2. The molecule has 0 aliphatic rings. The molecule has 3 rings (SSSR count). The van der Waals surface area contributed by atoms with E-state index in [1.807, 2.05) is 97.9 Å². The minimum Gasteiger partial charge on any atom is -0.293 e. The van der Waals surface area contributed by atoms with Crippen LogP contribution in [0.3, 0.4) is 0 Å². The highest BCUT2D eigenvalue weighted by Gasteiger charge is 2.43. The van der Waals surface area contributed by atoms with E-state index in [4.69, 9.17) is 0 Å². The molecular formula is C22H21OP. The first-order chi connectivity index (χ1) is 11.7. The number of hydrogen-bond donors (Lipinski definition) is 0. The highest BCUT2D eigenvalue weighted by atomic mass is 31.0. The molecule has 0 radical (unpaired) electrons. The Labute approximate surface area is 145 Å². The molecule has 0 aliphatic heterocycles. The largest absolute Gasteiger partial charge is 0.293 e. The third-order valence-corrected chi connectivity index (χ3v) is 4.67. The number of Topliss-reactive ketones (excluding diaryl/α,β-unsaturated/α-hetero) is 1. The van der Waals surface area contributed by atoms with Crippen LogP contribution < -0.4 is 0 Å². The van der Waals surface area contributed by atoms with Gasteiger partial charge in [-0.1, -0.05) is 91.0 Å². The summed E-state index contributed by atoms with van der Waals surface area (Å²) >= 11 is 0. The maximum Gasteiger partial charge on any atom is 0.177 e. The molecule has 120 valence electrons. The molecule has 1 nitrogen and oxygen atoms in total. The van der Waals surface area contributed by atoms with E-state index in [1.165, 1.54) is 0 Å². The van der Waals surface area contributed by atoms with Crippen molar-refractivity contribution >= 4 is 19.9 Å². The molecule has 0 fully saturated rings. The highest BCUT2D eigenvalue weighted by molar-refractivity contribution is 7.25. The Balaban J connectivity index is 2.42. The predicted octanol–water partition coefficient (Wildman–Crippen LogP) is 4.39. The summed E-state index contributed by atoms with van der Waals surface area (Å²) in [6.45, 7) is 1.91. The van der Waals surface area contributed by atoms with Gasteiger partial charge in [-0.15, -0.1) is 8.86 Å². The Kier molecular flexibility index (Phi) is 4.83. The van der Waals surface area contributed by atoms with Gasteiger partial charge in [0.15, 0.2) is 5.78 Å². The lowest BCUT2D eigenvalue weighted by molar-refractivity contribution is -0.115. The molecule has 0 aromatic heterocycles. The van der Waals surface area contributed by atoms with Gasteiger partial charge in [0.25, 0.3) is 0 Å². The summed E-state index contributed by atoms with van der Waals surface area (Å²) in [4.78, 5) is 13.5. The molecule has 24 heavy (non-hydrogen) atoms. The van der Waals surface area contributed by atoms with Crippen molar-refractivity contribution < 1.29 is 4.79 Å². The molecule has 0 amide bonds. The number of ketones is 1. The highest BCUT2D eigenvalue weighted by Crippen LogP contribution is 2.40. The van der Waals surface area contributed by atoms with Gasteiger partial charge in [-0.3, -0.25) is 4.79 Å². The number of hydrogen-bond acceptors (Lipinski definition) is 1. The number of carbonyl (C=O) groups is 1. The van der Waals surface area contributed by atoms with E-state index in [2.05, 4.69) is 0 Å². The number of carbonyl (C=O) groups excluding carboxylic acids is 1. The zero-order chi connectivity index (χ0) is 17.0. The van der Waals surface area contributed by atoms with Crippen LogP contribution in [0.1, 0.15) is 23.6 Å². The van der Waals surface area contributed by atoms with Gasteiger partial charge in [0.05, 0.1) is 0 Å². The second kappa shape index (κ2) is 7.03. The van der Waals surface area contributed by atoms with Crippen molar-refractivity contribution in [3.63, 3.8) is 0 Å². The van der Waals surface area contributed by atoms with Crippen molar-refractivity contribution in [2.45, 2.75) is 12.3 Å². The third kappa shape index (κ3) is 2.77.